The highest BCUT2D eigenvalue weighted by atomic mass is 16.6. The second-order valence-electron chi connectivity index (χ2n) is 10.5. The highest BCUT2D eigenvalue weighted by Gasteiger charge is 2.50. The van der Waals surface area contributed by atoms with E-state index in [4.69, 9.17) is 14.2 Å². The van der Waals surface area contributed by atoms with E-state index in [0.29, 0.717) is 19.5 Å². The quantitative estimate of drug-likeness (QED) is 0.255. The molecule has 6 rings (SSSR count). The summed E-state index contributed by atoms with van der Waals surface area (Å²) >= 11 is 0. The van der Waals surface area contributed by atoms with E-state index in [1.54, 1.807) is 7.11 Å². The van der Waals surface area contributed by atoms with Crippen LogP contribution in [0.5, 0.6) is 5.75 Å². The molecule has 0 saturated carbocycles. The first-order valence-electron chi connectivity index (χ1n) is 14.1. The number of hydrogen-bond acceptors (Lipinski definition) is 6. The summed E-state index contributed by atoms with van der Waals surface area (Å²) in [5.41, 5.74) is 4.98. The Labute approximate surface area is 245 Å². The zero-order valence-corrected chi connectivity index (χ0v) is 23.5. The van der Waals surface area contributed by atoms with E-state index >= 15 is 0 Å². The molecule has 0 aromatic heterocycles. The van der Waals surface area contributed by atoms with Gasteiger partial charge in [-0.25, -0.2) is 19.6 Å². The van der Waals surface area contributed by atoms with Crippen molar-refractivity contribution in [3.05, 3.63) is 120 Å². The number of anilines is 1. The number of benzene rings is 4. The van der Waals surface area contributed by atoms with Crippen LogP contribution in [0, 0.1) is 0 Å². The third kappa shape index (κ3) is 5.88. The normalized spacial score (nSPS) is 17.6. The Hall–Kier alpha value is -4.98. The fourth-order valence-electron chi connectivity index (χ4n) is 5.66. The van der Waals surface area contributed by atoms with Gasteiger partial charge in [-0.3, -0.25) is 0 Å². The lowest BCUT2D eigenvalue weighted by Gasteiger charge is -2.32. The molecule has 8 nitrogen and oxygen atoms in total. The smallest absolute Gasteiger partial charge is 0.429 e. The third-order valence-corrected chi connectivity index (χ3v) is 7.77. The summed E-state index contributed by atoms with van der Waals surface area (Å²) in [6.07, 6.45) is -0.458. The Morgan fingerprint density at radius 3 is 1.55 bits per heavy atom. The van der Waals surface area contributed by atoms with Crippen LogP contribution in [0.1, 0.15) is 17.5 Å². The predicted molar refractivity (Wildman–Crippen MR) is 160 cm³/mol. The highest BCUT2D eigenvalue weighted by Crippen LogP contribution is 2.35. The Morgan fingerprint density at radius 1 is 0.643 bits per heavy atom. The molecule has 42 heavy (non-hydrogen) atoms. The molecule has 2 saturated heterocycles. The largest absolute Gasteiger partial charge is 0.497 e. The van der Waals surface area contributed by atoms with Gasteiger partial charge in [0, 0.05) is 18.8 Å². The van der Waals surface area contributed by atoms with Gasteiger partial charge in [-0.15, -0.1) is 0 Å². The van der Waals surface area contributed by atoms with Gasteiger partial charge in [-0.05, 0) is 52.9 Å². The number of amides is 2. The lowest BCUT2D eigenvalue weighted by molar-refractivity contribution is -0.0199. The fraction of sp³-hybridized carbons (Fsp3) is 0.235. The van der Waals surface area contributed by atoms with Crippen molar-refractivity contribution >= 4 is 17.9 Å². The molecule has 0 spiro atoms. The molecule has 0 radical (unpaired) electrons. The lowest BCUT2D eigenvalue weighted by Crippen LogP contribution is -2.50. The van der Waals surface area contributed by atoms with Crippen LogP contribution in [0.2, 0.25) is 0 Å². The molecule has 2 fully saturated rings. The zero-order valence-electron chi connectivity index (χ0n) is 23.5. The molecule has 4 aromatic rings. The molecule has 8 heteroatoms. The molecule has 2 aliphatic heterocycles. The number of ether oxygens (including phenoxy) is 3. The van der Waals surface area contributed by atoms with E-state index < -0.39 is 12.2 Å². The fourth-order valence-corrected chi connectivity index (χ4v) is 5.66. The van der Waals surface area contributed by atoms with Gasteiger partial charge < -0.3 is 19.1 Å². The van der Waals surface area contributed by atoms with E-state index in [1.165, 1.54) is 10.0 Å². The maximum absolute atomic E-state index is 13.5. The van der Waals surface area contributed by atoms with Crippen LogP contribution in [0.4, 0.5) is 15.3 Å². The topological polar surface area (TPSA) is 71.6 Å². The molecule has 214 valence electrons. The van der Waals surface area contributed by atoms with E-state index in [0.717, 1.165) is 33.7 Å². The van der Waals surface area contributed by atoms with Crippen LogP contribution in [0.15, 0.2) is 109 Å². The van der Waals surface area contributed by atoms with Crippen LogP contribution in [-0.4, -0.2) is 54.5 Å². The molecule has 0 aliphatic carbocycles. The van der Waals surface area contributed by atoms with E-state index in [-0.39, 0.29) is 25.3 Å². The summed E-state index contributed by atoms with van der Waals surface area (Å²) in [4.78, 5) is 29.2. The number of piperidine rings is 1. The van der Waals surface area contributed by atoms with Crippen LogP contribution >= 0.6 is 0 Å². The number of carbonyl (C=O) groups is 2. The second-order valence-corrected chi connectivity index (χ2v) is 10.5. The Balaban J connectivity index is 1.19. The molecule has 2 amide bonds. The number of hydrogen-bond donors (Lipinski definition) is 0. The minimum Gasteiger partial charge on any atom is -0.497 e. The van der Waals surface area contributed by atoms with Crippen LogP contribution in [0.3, 0.4) is 0 Å². The lowest BCUT2D eigenvalue weighted by atomic mass is 10.0. The molecule has 4 aromatic carbocycles. The average Bonchev–Trinajstić information content (AvgIpc) is 3.32. The van der Waals surface area contributed by atoms with Gasteiger partial charge in [-0.1, -0.05) is 84.9 Å². The van der Waals surface area contributed by atoms with Gasteiger partial charge in [0.2, 0.25) is 0 Å². The number of methoxy groups -OCH3 is 1. The molecule has 0 N–H and O–H groups in total. The Kier molecular flexibility index (Phi) is 7.94. The highest BCUT2D eigenvalue weighted by molar-refractivity contribution is 5.76. The minimum absolute atomic E-state index is 0.122. The standard InChI is InChI=1S/C34H33N3O5/c1-40-32-18-14-28(15-19-32)27-12-16-29(17-13-27)35-21-30-20-31(22-35)37(34(39)42-24-26-10-6-3-7-11-26)36(30)33(38)41-23-25-8-4-2-5-9-25/h2-19,30-31H,20-24H2,1H3. The van der Waals surface area contributed by atoms with Crippen LogP contribution in [-0.2, 0) is 22.7 Å². The summed E-state index contributed by atoms with van der Waals surface area (Å²) in [5.74, 6) is 0.817. The van der Waals surface area contributed by atoms with Crippen molar-refractivity contribution in [2.24, 2.45) is 0 Å². The molecular weight excluding hydrogens is 530 g/mol. The SMILES string of the molecule is COc1ccc(-c2ccc(N3CC4CC(C3)N(C(=O)OCc3ccccc3)N4C(=O)OCc3ccccc3)cc2)cc1. The van der Waals surface area contributed by atoms with Crippen molar-refractivity contribution in [3.8, 4) is 16.9 Å². The maximum Gasteiger partial charge on any atom is 0.429 e. The third-order valence-electron chi connectivity index (χ3n) is 7.77. The number of carbonyl (C=O) groups excluding carboxylic acids is 2. The minimum atomic E-state index is -0.556. The molecular formula is C34H33N3O5. The molecule has 2 unspecified atom stereocenters. The van der Waals surface area contributed by atoms with E-state index in [2.05, 4.69) is 29.2 Å². The number of nitrogens with zero attached hydrogens (tertiary/aromatic N) is 3. The first-order chi connectivity index (χ1) is 20.6. The van der Waals surface area contributed by atoms with Crippen molar-refractivity contribution in [2.45, 2.75) is 31.7 Å². The van der Waals surface area contributed by atoms with E-state index in [9.17, 15) is 9.59 Å². The number of rotatable bonds is 7. The average molecular weight is 564 g/mol. The van der Waals surface area contributed by atoms with Crippen LogP contribution < -0.4 is 9.64 Å². The van der Waals surface area contributed by atoms with Gasteiger partial charge in [-0.2, -0.15) is 0 Å². The van der Waals surface area contributed by atoms with Crippen molar-refractivity contribution in [1.82, 2.24) is 10.0 Å². The molecule has 2 heterocycles. The Morgan fingerprint density at radius 2 is 1.10 bits per heavy atom. The first-order valence-corrected chi connectivity index (χ1v) is 14.1. The van der Waals surface area contributed by atoms with Crippen LogP contribution in [0.25, 0.3) is 11.1 Å². The maximum atomic E-state index is 13.5. The van der Waals surface area contributed by atoms with Crippen molar-refractivity contribution in [3.63, 3.8) is 0 Å². The summed E-state index contributed by atoms with van der Waals surface area (Å²) in [7, 11) is 1.66. The molecule has 2 bridgehead atoms. The van der Waals surface area contributed by atoms with Gasteiger partial charge in [0.15, 0.2) is 0 Å². The summed E-state index contributed by atoms with van der Waals surface area (Å²) in [6.45, 7) is 1.39. The summed E-state index contributed by atoms with van der Waals surface area (Å²) < 4.78 is 16.7. The van der Waals surface area contributed by atoms with Gasteiger partial charge >= 0.3 is 12.2 Å². The monoisotopic (exact) mass is 563 g/mol. The van der Waals surface area contributed by atoms with Gasteiger partial charge in [0.05, 0.1) is 19.2 Å². The van der Waals surface area contributed by atoms with Gasteiger partial charge in [0.1, 0.15) is 19.0 Å². The second kappa shape index (κ2) is 12.3. The number of fused-ring (bicyclic) bond motifs is 2. The van der Waals surface area contributed by atoms with Gasteiger partial charge in [0.25, 0.3) is 0 Å². The summed E-state index contributed by atoms with van der Waals surface area (Å²) in [6, 6.07) is 34.9. The number of hydrazine groups is 1. The molecule has 2 atom stereocenters. The molecule has 2 aliphatic rings. The van der Waals surface area contributed by atoms with Crippen molar-refractivity contribution in [2.75, 3.05) is 25.1 Å². The summed E-state index contributed by atoms with van der Waals surface area (Å²) in [5, 5.41) is 2.93. The predicted octanol–water partition coefficient (Wildman–Crippen LogP) is 6.52. The zero-order chi connectivity index (χ0) is 28.9. The van der Waals surface area contributed by atoms with Crippen molar-refractivity contribution < 1.29 is 23.8 Å². The Bertz CT molecular complexity index is 1430. The van der Waals surface area contributed by atoms with E-state index in [1.807, 2.05) is 84.9 Å². The first kappa shape index (κ1) is 27.2. The van der Waals surface area contributed by atoms with Crippen molar-refractivity contribution in [1.29, 1.82) is 0 Å².